The van der Waals surface area contributed by atoms with Crippen molar-refractivity contribution in [1.29, 1.82) is 0 Å². The molecule has 0 atom stereocenters. The highest BCUT2D eigenvalue weighted by molar-refractivity contribution is 5.04. The molecule has 0 saturated heterocycles. The van der Waals surface area contributed by atoms with E-state index in [0.717, 1.165) is 0 Å². The third-order valence-electron chi connectivity index (χ3n) is 2.26. The molecular formula is C7H12N2. The molecule has 0 aromatic heterocycles. The van der Waals surface area contributed by atoms with Crippen molar-refractivity contribution in [1.82, 2.24) is 10.6 Å². The Balaban J connectivity index is 2.07. The average molecular weight is 124 g/mol. The van der Waals surface area contributed by atoms with Crippen LogP contribution < -0.4 is 10.6 Å². The van der Waals surface area contributed by atoms with Crippen LogP contribution >= 0.6 is 0 Å². The summed E-state index contributed by atoms with van der Waals surface area (Å²) in [4.78, 5) is 0. The summed E-state index contributed by atoms with van der Waals surface area (Å²) < 4.78 is 0. The molecule has 0 unspecified atom stereocenters. The standard InChI is InChI=1S/C7H12N2/c1-2-4-7(3-1)8-5-6-9-7/h5-6,8-9H,1-4H2. The van der Waals surface area contributed by atoms with Gasteiger partial charge in [0.25, 0.3) is 0 Å². The van der Waals surface area contributed by atoms with E-state index in [1.807, 2.05) is 12.4 Å². The van der Waals surface area contributed by atoms with Crippen molar-refractivity contribution in [3.05, 3.63) is 12.4 Å². The van der Waals surface area contributed by atoms with Gasteiger partial charge in [-0.1, -0.05) is 0 Å². The Morgan fingerprint density at radius 1 is 1.00 bits per heavy atom. The van der Waals surface area contributed by atoms with E-state index in [-0.39, 0.29) is 5.66 Å². The maximum absolute atomic E-state index is 3.34. The van der Waals surface area contributed by atoms with Gasteiger partial charge in [-0.25, -0.2) is 0 Å². The Morgan fingerprint density at radius 3 is 2.11 bits per heavy atom. The van der Waals surface area contributed by atoms with E-state index in [9.17, 15) is 0 Å². The number of hydrogen-bond donors (Lipinski definition) is 2. The molecule has 2 aliphatic rings. The lowest BCUT2D eigenvalue weighted by Crippen LogP contribution is -2.45. The zero-order chi connectivity index (χ0) is 6.16. The minimum atomic E-state index is 0.278. The summed E-state index contributed by atoms with van der Waals surface area (Å²) in [5.41, 5.74) is 0.278. The summed E-state index contributed by atoms with van der Waals surface area (Å²) in [5.74, 6) is 0. The van der Waals surface area contributed by atoms with E-state index in [1.165, 1.54) is 25.7 Å². The van der Waals surface area contributed by atoms with Crippen molar-refractivity contribution < 1.29 is 0 Å². The lowest BCUT2D eigenvalue weighted by molar-refractivity contribution is 0.357. The molecule has 1 heterocycles. The van der Waals surface area contributed by atoms with Gasteiger partial charge in [-0.3, -0.25) is 0 Å². The van der Waals surface area contributed by atoms with Gasteiger partial charge in [-0.15, -0.1) is 0 Å². The fraction of sp³-hybridized carbons (Fsp3) is 0.714. The number of hydrogen-bond acceptors (Lipinski definition) is 2. The molecule has 0 bridgehead atoms. The first-order valence-electron chi connectivity index (χ1n) is 3.62. The van der Waals surface area contributed by atoms with Crippen molar-refractivity contribution in [2.24, 2.45) is 0 Å². The summed E-state index contributed by atoms with van der Waals surface area (Å²) in [6.07, 6.45) is 9.29. The quantitative estimate of drug-likeness (QED) is 0.502. The van der Waals surface area contributed by atoms with Crippen LogP contribution in [-0.4, -0.2) is 5.66 Å². The van der Waals surface area contributed by atoms with Crippen molar-refractivity contribution in [3.8, 4) is 0 Å². The van der Waals surface area contributed by atoms with Crippen LogP contribution in [0.2, 0.25) is 0 Å². The van der Waals surface area contributed by atoms with Crippen molar-refractivity contribution in [2.45, 2.75) is 31.3 Å². The third kappa shape index (κ3) is 0.696. The van der Waals surface area contributed by atoms with Crippen molar-refractivity contribution in [2.75, 3.05) is 0 Å². The summed E-state index contributed by atoms with van der Waals surface area (Å²) in [6.45, 7) is 0. The van der Waals surface area contributed by atoms with Gasteiger partial charge in [0, 0.05) is 12.4 Å². The van der Waals surface area contributed by atoms with Gasteiger partial charge in [0.05, 0.1) is 0 Å². The number of nitrogens with one attached hydrogen (secondary N) is 2. The largest absolute Gasteiger partial charge is 0.368 e. The molecule has 50 valence electrons. The van der Waals surface area contributed by atoms with E-state index >= 15 is 0 Å². The summed E-state index contributed by atoms with van der Waals surface area (Å²) >= 11 is 0. The van der Waals surface area contributed by atoms with Gasteiger partial charge in [-0.2, -0.15) is 0 Å². The minimum absolute atomic E-state index is 0.278. The molecule has 1 aliphatic heterocycles. The highest BCUT2D eigenvalue weighted by atomic mass is 15.2. The second kappa shape index (κ2) is 1.66. The first-order valence-corrected chi connectivity index (χ1v) is 3.62. The first kappa shape index (κ1) is 5.15. The fourth-order valence-electron chi connectivity index (χ4n) is 1.71. The molecule has 0 amide bonds. The molecule has 0 radical (unpaired) electrons. The predicted octanol–water partition coefficient (Wildman–Crippen LogP) is 0.921. The third-order valence-corrected chi connectivity index (χ3v) is 2.26. The lowest BCUT2D eigenvalue weighted by atomic mass is 10.1. The van der Waals surface area contributed by atoms with Crippen molar-refractivity contribution >= 4 is 0 Å². The van der Waals surface area contributed by atoms with Crippen LogP contribution in [0.3, 0.4) is 0 Å². The molecule has 0 aromatic carbocycles. The predicted molar refractivity (Wildman–Crippen MR) is 36.6 cm³/mol. The van der Waals surface area contributed by atoms with Crippen LogP contribution in [0.15, 0.2) is 12.4 Å². The smallest absolute Gasteiger partial charge is 0.107 e. The Kier molecular flexibility index (Phi) is 0.949. The van der Waals surface area contributed by atoms with E-state index in [2.05, 4.69) is 10.6 Å². The zero-order valence-corrected chi connectivity index (χ0v) is 5.48. The summed E-state index contributed by atoms with van der Waals surface area (Å²) in [5, 5.41) is 6.68. The van der Waals surface area contributed by atoms with Gasteiger partial charge < -0.3 is 10.6 Å². The van der Waals surface area contributed by atoms with Gasteiger partial charge in [0.15, 0.2) is 0 Å². The monoisotopic (exact) mass is 124 g/mol. The summed E-state index contributed by atoms with van der Waals surface area (Å²) in [6, 6.07) is 0. The van der Waals surface area contributed by atoms with Gasteiger partial charge in [0.1, 0.15) is 5.66 Å². The second-order valence-electron chi connectivity index (χ2n) is 2.91. The molecule has 2 N–H and O–H groups in total. The topological polar surface area (TPSA) is 24.1 Å². The summed E-state index contributed by atoms with van der Waals surface area (Å²) in [7, 11) is 0. The number of rotatable bonds is 0. The molecule has 2 rings (SSSR count). The molecular weight excluding hydrogens is 112 g/mol. The Hall–Kier alpha value is -0.660. The van der Waals surface area contributed by atoms with Crippen molar-refractivity contribution in [3.63, 3.8) is 0 Å². The van der Waals surface area contributed by atoms with E-state index < -0.39 is 0 Å². The van der Waals surface area contributed by atoms with Gasteiger partial charge in [0.2, 0.25) is 0 Å². The molecule has 2 heteroatoms. The molecule has 9 heavy (non-hydrogen) atoms. The van der Waals surface area contributed by atoms with Crippen LogP contribution in [0.5, 0.6) is 0 Å². The zero-order valence-electron chi connectivity index (χ0n) is 5.48. The first-order chi connectivity index (χ1) is 4.41. The lowest BCUT2D eigenvalue weighted by Gasteiger charge is -2.24. The van der Waals surface area contributed by atoms with E-state index in [4.69, 9.17) is 0 Å². The Morgan fingerprint density at radius 2 is 1.56 bits per heavy atom. The Bertz CT molecular complexity index is 124. The van der Waals surface area contributed by atoms with Crippen LogP contribution in [0.4, 0.5) is 0 Å². The molecule has 1 spiro atoms. The van der Waals surface area contributed by atoms with Crippen LogP contribution in [0.1, 0.15) is 25.7 Å². The van der Waals surface area contributed by atoms with E-state index in [0.29, 0.717) is 0 Å². The highest BCUT2D eigenvalue weighted by Gasteiger charge is 2.33. The maximum Gasteiger partial charge on any atom is 0.107 e. The van der Waals surface area contributed by atoms with Crippen LogP contribution in [-0.2, 0) is 0 Å². The fourth-order valence-corrected chi connectivity index (χ4v) is 1.71. The Labute approximate surface area is 55.3 Å². The van der Waals surface area contributed by atoms with Crippen LogP contribution in [0.25, 0.3) is 0 Å². The normalized spacial score (nSPS) is 28.4. The molecule has 1 saturated carbocycles. The van der Waals surface area contributed by atoms with Crippen LogP contribution in [0, 0.1) is 0 Å². The minimum Gasteiger partial charge on any atom is -0.368 e. The van der Waals surface area contributed by atoms with Gasteiger partial charge in [-0.05, 0) is 25.7 Å². The highest BCUT2D eigenvalue weighted by Crippen LogP contribution is 2.28. The van der Waals surface area contributed by atoms with E-state index in [1.54, 1.807) is 0 Å². The van der Waals surface area contributed by atoms with Gasteiger partial charge >= 0.3 is 0 Å². The molecule has 1 fully saturated rings. The molecule has 0 aromatic rings. The second-order valence-corrected chi connectivity index (χ2v) is 2.91. The maximum atomic E-state index is 3.34. The molecule has 1 aliphatic carbocycles. The molecule has 2 nitrogen and oxygen atoms in total. The SMILES string of the molecule is C1=CNC2(CCCC2)N1. The average Bonchev–Trinajstić information content (AvgIpc) is 2.45.